The van der Waals surface area contributed by atoms with Crippen LogP contribution >= 0.6 is 15.9 Å². The molecule has 4 aliphatic carbocycles. The number of alkyl halides is 1. The number of rotatable bonds is 6. The van der Waals surface area contributed by atoms with Gasteiger partial charge in [0.1, 0.15) is 12.2 Å². The maximum Gasteiger partial charge on any atom is 0.305 e. The topological polar surface area (TPSA) is 96.0 Å². The van der Waals surface area contributed by atoms with Gasteiger partial charge in [-0.25, -0.2) is 0 Å². The zero-order valence-corrected chi connectivity index (χ0v) is 24.7. The van der Waals surface area contributed by atoms with Crippen molar-refractivity contribution in [2.24, 2.45) is 46.3 Å². The number of Topliss-reactive ketones (excluding diaryl/α,β-unsaturated/α-hetero) is 1. The molecule has 7 nitrogen and oxygen atoms in total. The first-order valence-electron chi connectivity index (χ1n) is 13.9. The van der Waals surface area contributed by atoms with Crippen LogP contribution in [0, 0.1) is 46.3 Å². The summed E-state index contributed by atoms with van der Waals surface area (Å²) >= 11 is 3.91. The summed E-state index contributed by atoms with van der Waals surface area (Å²) < 4.78 is 16.5. The van der Waals surface area contributed by atoms with E-state index in [1.165, 1.54) is 21.0 Å². The summed E-state index contributed by atoms with van der Waals surface area (Å²) in [5.41, 5.74) is -0.654. The normalized spacial score (nSPS) is 43.6. The smallest absolute Gasteiger partial charge is 0.305 e. The Morgan fingerprint density at radius 1 is 1.05 bits per heavy atom. The van der Waals surface area contributed by atoms with E-state index in [0.29, 0.717) is 12.8 Å². The summed E-state index contributed by atoms with van der Waals surface area (Å²) in [6.07, 6.45) is 5.64. The van der Waals surface area contributed by atoms with Crippen LogP contribution < -0.4 is 0 Å². The molecule has 8 heteroatoms. The lowest BCUT2D eigenvalue weighted by molar-refractivity contribution is -0.195. The van der Waals surface area contributed by atoms with E-state index in [1.807, 2.05) is 0 Å². The van der Waals surface area contributed by atoms with Crippen LogP contribution in [0.3, 0.4) is 0 Å². The standard InChI is InChI=1S/C29H43BrO7/c1-15(7-10-23(33)35-6)20-8-9-21-24-22(37-17(3)32)14-18-13-19(36-16(2)31)11-12-28(18,4)25(24)26(30)27(34)29(20,21)5/h15,18-22,24-26H,7-14H2,1-6H3/t15-,18+,19-,20-,21+,22-,24-,25-,26-,28+,29-/m1/s1. The molecule has 0 spiro atoms. The van der Waals surface area contributed by atoms with Crippen LogP contribution in [0.15, 0.2) is 0 Å². The second-order valence-electron chi connectivity index (χ2n) is 12.6. The molecule has 4 aliphatic rings. The third kappa shape index (κ3) is 4.89. The van der Waals surface area contributed by atoms with Gasteiger partial charge in [-0.3, -0.25) is 19.2 Å². The summed E-state index contributed by atoms with van der Waals surface area (Å²) in [7, 11) is 1.41. The van der Waals surface area contributed by atoms with Gasteiger partial charge in [-0.2, -0.15) is 0 Å². The quantitative estimate of drug-likeness (QED) is 0.239. The van der Waals surface area contributed by atoms with E-state index in [-0.39, 0.29) is 81.6 Å². The number of carbonyl (C=O) groups is 4. The van der Waals surface area contributed by atoms with Gasteiger partial charge >= 0.3 is 17.9 Å². The minimum absolute atomic E-state index is 0.0450. The fraction of sp³-hybridized carbons (Fsp3) is 0.862. The molecule has 4 saturated carbocycles. The van der Waals surface area contributed by atoms with E-state index in [9.17, 15) is 19.2 Å². The van der Waals surface area contributed by atoms with Gasteiger partial charge in [-0.05, 0) is 80.0 Å². The number of carbonyl (C=O) groups excluding carboxylic acids is 4. The summed E-state index contributed by atoms with van der Waals surface area (Å²) in [6.45, 7) is 9.51. The van der Waals surface area contributed by atoms with Crippen molar-refractivity contribution in [2.75, 3.05) is 7.11 Å². The number of methoxy groups -OCH3 is 1. The molecule has 4 fully saturated rings. The Balaban J connectivity index is 1.67. The Morgan fingerprint density at radius 3 is 2.35 bits per heavy atom. The number of halogens is 1. The van der Waals surface area contributed by atoms with E-state index < -0.39 is 5.41 Å². The largest absolute Gasteiger partial charge is 0.469 e. The van der Waals surface area contributed by atoms with E-state index in [0.717, 1.165) is 38.5 Å². The molecule has 0 saturated heterocycles. The van der Waals surface area contributed by atoms with Gasteiger partial charge in [0.15, 0.2) is 5.78 Å². The second kappa shape index (κ2) is 10.6. The van der Waals surface area contributed by atoms with Gasteiger partial charge in [0.25, 0.3) is 0 Å². The molecule has 11 atom stereocenters. The Kier molecular flexibility index (Phi) is 8.19. The highest BCUT2D eigenvalue weighted by Gasteiger charge is 2.69. The number of esters is 3. The van der Waals surface area contributed by atoms with Crippen molar-refractivity contribution in [3.63, 3.8) is 0 Å². The molecule has 0 N–H and O–H groups in total. The molecule has 0 unspecified atom stereocenters. The van der Waals surface area contributed by atoms with Gasteiger partial charge in [-0.1, -0.05) is 36.7 Å². The summed E-state index contributed by atoms with van der Waals surface area (Å²) in [6, 6.07) is 0. The van der Waals surface area contributed by atoms with Crippen LogP contribution in [0.1, 0.15) is 86.0 Å². The Labute approximate surface area is 229 Å². The van der Waals surface area contributed by atoms with E-state index >= 15 is 0 Å². The zero-order chi connectivity index (χ0) is 27.3. The Hall–Kier alpha value is -1.44. The van der Waals surface area contributed by atoms with Gasteiger partial charge in [0.05, 0.1) is 11.9 Å². The van der Waals surface area contributed by atoms with Crippen molar-refractivity contribution in [1.82, 2.24) is 0 Å². The third-order valence-corrected chi connectivity index (χ3v) is 11.9. The second-order valence-corrected chi connectivity index (χ2v) is 13.6. The van der Waals surface area contributed by atoms with Gasteiger partial charge in [0.2, 0.25) is 0 Å². The maximum absolute atomic E-state index is 14.3. The van der Waals surface area contributed by atoms with Crippen molar-refractivity contribution >= 4 is 39.6 Å². The molecule has 0 aromatic heterocycles. The summed E-state index contributed by atoms with van der Waals surface area (Å²) in [5.74, 6) is 0.310. The highest BCUT2D eigenvalue weighted by atomic mass is 79.9. The van der Waals surface area contributed by atoms with Crippen molar-refractivity contribution in [2.45, 2.75) is 103 Å². The Bertz CT molecular complexity index is 935. The van der Waals surface area contributed by atoms with Crippen LogP contribution in [-0.4, -0.2) is 47.8 Å². The predicted molar refractivity (Wildman–Crippen MR) is 141 cm³/mol. The fourth-order valence-corrected chi connectivity index (χ4v) is 10.6. The third-order valence-electron chi connectivity index (χ3n) is 10.9. The van der Waals surface area contributed by atoms with Crippen molar-refractivity contribution in [3.05, 3.63) is 0 Å². The van der Waals surface area contributed by atoms with Gasteiger partial charge < -0.3 is 14.2 Å². The molecule has 208 valence electrons. The first-order valence-corrected chi connectivity index (χ1v) is 14.9. The SMILES string of the molecule is COC(=O)CC[C@@H](C)[C@H]1CC[C@H]2[C@H]3[C@H]([C@@H](Br)C(=O)[C@]12C)[C@@]1(C)CC[C@@H](OC(C)=O)C[C@H]1C[C@H]3OC(C)=O. The molecule has 0 bridgehead atoms. The average Bonchev–Trinajstić information content (AvgIpc) is 3.18. The highest BCUT2D eigenvalue weighted by Crippen LogP contribution is 2.68. The van der Waals surface area contributed by atoms with Crippen LogP contribution in [-0.2, 0) is 33.4 Å². The molecule has 0 aromatic carbocycles. The van der Waals surface area contributed by atoms with Crippen molar-refractivity contribution in [1.29, 1.82) is 0 Å². The molecule has 4 rings (SSSR count). The molecular formula is C29H43BrO7. The molecular weight excluding hydrogens is 540 g/mol. The number of fused-ring (bicyclic) bond motifs is 5. The summed E-state index contributed by atoms with van der Waals surface area (Å²) in [4.78, 5) is 49.8. The molecule has 0 heterocycles. The minimum Gasteiger partial charge on any atom is -0.469 e. The Morgan fingerprint density at radius 2 is 1.73 bits per heavy atom. The predicted octanol–water partition coefficient (Wildman–Crippen LogP) is 5.26. The van der Waals surface area contributed by atoms with Crippen LogP contribution in [0.4, 0.5) is 0 Å². The first-order chi connectivity index (χ1) is 17.3. The van der Waals surface area contributed by atoms with Crippen LogP contribution in [0.2, 0.25) is 0 Å². The average molecular weight is 584 g/mol. The van der Waals surface area contributed by atoms with Crippen molar-refractivity contribution < 1.29 is 33.4 Å². The lowest BCUT2D eigenvalue weighted by Crippen LogP contribution is -2.66. The van der Waals surface area contributed by atoms with Crippen LogP contribution in [0.5, 0.6) is 0 Å². The molecule has 0 radical (unpaired) electrons. The number of ketones is 1. The molecule has 0 aromatic rings. The summed E-state index contributed by atoms with van der Waals surface area (Å²) in [5, 5.41) is 0. The maximum atomic E-state index is 14.3. The zero-order valence-electron chi connectivity index (χ0n) is 23.1. The fourth-order valence-electron chi connectivity index (χ4n) is 9.19. The van der Waals surface area contributed by atoms with E-state index in [4.69, 9.17) is 14.2 Å². The first kappa shape index (κ1) is 28.6. The minimum atomic E-state index is -0.540. The van der Waals surface area contributed by atoms with Crippen LogP contribution in [0.25, 0.3) is 0 Å². The highest BCUT2D eigenvalue weighted by molar-refractivity contribution is 9.10. The lowest BCUT2D eigenvalue weighted by Gasteiger charge is -2.63. The molecule has 37 heavy (non-hydrogen) atoms. The van der Waals surface area contributed by atoms with Gasteiger partial charge in [0, 0.05) is 31.6 Å². The van der Waals surface area contributed by atoms with Crippen molar-refractivity contribution in [3.8, 4) is 0 Å². The molecule has 0 aliphatic heterocycles. The number of hydrogen-bond acceptors (Lipinski definition) is 7. The number of hydrogen-bond donors (Lipinski definition) is 0. The van der Waals surface area contributed by atoms with E-state index in [2.05, 4.69) is 36.7 Å². The van der Waals surface area contributed by atoms with Gasteiger partial charge in [-0.15, -0.1) is 0 Å². The lowest BCUT2D eigenvalue weighted by atomic mass is 9.43. The monoisotopic (exact) mass is 582 g/mol. The van der Waals surface area contributed by atoms with E-state index in [1.54, 1.807) is 0 Å². The molecule has 0 amide bonds. The number of ether oxygens (including phenoxy) is 3.